The van der Waals surface area contributed by atoms with E-state index < -0.39 is 0 Å². The van der Waals surface area contributed by atoms with E-state index in [0.717, 1.165) is 5.56 Å². The summed E-state index contributed by atoms with van der Waals surface area (Å²) in [6.45, 7) is 5.37. The molecule has 0 radical (unpaired) electrons. The zero-order valence-corrected chi connectivity index (χ0v) is 11.7. The predicted molar refractivity (Wildman–Crippen MR) is 78.7 cm³/mol. The van der Waals surface area contributed by atoms with Crippen LogP contribution in [0, 0.1) is 13.8 Å². The quantitative estimate of drug-likeness (QED) is 0.511. The highest BCUT2D eigenvalue weighted by molar-refractivity contribution is 6.01. The smallest absolute Gasteiger partial charge is 0.274 e. The van der Waals surface area contributed by atoms with Crippen LogP contribution >= 0.6 is 0 Å². The number of nitrogens with zero attached hydrogens (tertiary/aromatic N) is 1. The molecule has 0 spiro atoms. The van der Waals surface area contributed by atoms with Crippen molar-refractivity contribution in [2.24, 2.45) is 5.10 Å². The number of hydrazone groups is 1. The molecular formula is C15H17N3O2. The van der Waals surface area contributed by atoms with Crippen molar-refractivity contribution >= 4 is 17.3 Å². The molecule has 5 heteroatoms. The first kappa shape index (κ1) is 13.9. The molecule has 0 bridgehead atoms. The number of benzene rings is 1. The SMILES string of the molecule is CC(=NNC(=O)c1cc(C)oc1C)c1ccc(N)cc1. The minimum absolute atomic E-state index is 0.283. The molecule has 2 aromatic rings. The number of nitrogen functional groups attached to an aromatic ring is 1. The zero-order valence-electron chi connectivity index (χ0n) is 11.7. The Labute approximate surface area is 117 Å². The number of hydrogen-bond donors (Lipinski definition) is 2. The summed E-state index contributed by atoms with van der Waals surface area (Å²) in [6.07, 6.45) is 0. The van der Waals surface area contributed by atoms with Gasteiger partial charge in [-0.05, 0) is 44.5 Å². The third-order valence-electron chi connectivity index (χ3n) is 2.94. The van der Waals surface area contributed by atoms with E-state index in [1.165, 1.54) is 0 Å². The summed E-state index contributed by atoms with van der Waals surface area (Å²) in [5.74, 6) is 1.00. The molecule has 0 fully saturated rings. The standard InChI is InChI=1S/C15H17N3O2/c1-9-8-14(11(3)20-9)15(19)18-17-10(2)12-4-6-13(16)7-5-12/h4-8H,16H2,1-3H3,(H,18,19). The molecule has 0 saturated heterocycles. The lowest BCUT2D eigenvalue weighted by molar-refractivity contribution is 0.0953. The lowest BCUT2D eigenvalue weighted by atomic mass is 10.1. The van der Waals surface area contributed by atoms with Crippen molar-refractivity contribution in [3.8, 4) is 0 Å². The number of aryl methyl sites for hydroxylation is 2. The molecule has 104 valence electrons. The van der Waals surface area contributed by atoms with Crippen LogP contribution in [0.4, 0.5) is 5.69 Å². The minimum atomic E-state index is -0.283. The first-order valence-electron chi connectivity index (χ1n) is 6.25. The van der Waals surface area contributed by atoms with Gasteiger partial charge in [-0.3, -0.25) is 4.79 Å². The fourth-order valence-electron chi connectivity index (χ4n) is 1.84. The first-order chi connectivity index (χ1) is 9.47. The molecule has 0 aliphatic heterocycles. The van der Waals surface area contributed by atoms with Crippen molar-refractivity contribution in [2.45, 2.75) is 20.8 Å². The van der Waals surface area contributed by atoms with Crippen LogP contribution < -0.4 is 11.2 Å². The van der Waals surface area contributed by atoms with E-state index in [2.05, 4.69) is 10.5 Å². The van der Waals surface area contributed by atoms with Crippen molar-refractivity contribution in [1.29, 1.82) is 0 Å². The Morgan fingerprint density at radius 2 is 1.90 bits per heavy atom. The fraction of sp³-hybridized carbons (Fsp3) is 0.200. The molecule has 1 heterocycles. The van der Waals surface area contributed by atoms with E-state index in [9.17, 15) is 4.79 Å². The van der Waals surface area contributed by atoms with Crippen LogP contribution in [0.1, 0.15) is 34.4 Å². The van der Waals surface area contributed by atoms with E-state index in [0.29, 0.717) is 28.5 Å². The number of nitrogens with two attached hydrogens (primary N) is 1. The van der Waals surface area contributed by atoms with Crippen LogP contribution in [0.2, 0.25) is 0 Å². The van der Waals surface area contributed by atoms with Gasteiger partial charge < -0.3 is 10.2 Å². The molecule has 0 aliphatic carbocycles. The van der Waals surface area contributed by atoms with E-state index in [-0.39, 0.29) is 5.91 Å². The summed E-state index contributed by atoms with van der Waals surface area (Å²) < 4.78 is 5.32. The molecule has 2 rings (SSSR count). The van der Waals surface area contributed by atoms with Gasteiger partial charge in [-0.15, -0.1) is 0 Å². The van der Waals surface area contributed by atoms with Gasteiger partial charge in [0.15, 0.2) is 0 Å². The van der Waals surface area contributed by atoms with Crippen LogP contribution in [0.5, 0.6) is 0 Å². The average Bonchev–Trinajstić information content (AvgIpc) is 2.75. The van der Waals surface area contributed by atoms with E-state index in [1.807, 2.05) is 19.1 Å². The van der Waals surface area contributed by atoms with Crippen LogP contribution in [-0.4, -0.2) is 11.6 Å². The molecule has 1 aromatic heterocycles. The number of carbonyl (C=O) groups excluding carboxylic acids is 1. The summed E-state index contributed by atoms with van der Waals surface area (Å²) >= 11 is 0. The number of furan rings is 1. The number of rotatable bonds is 3. The van der Waals surface area contributed by atoms with Crippen molar-refractivity contribution in [3.05, 3.63) is 53.0 Å². The second kappa shape index (κ2) is 5.61. The maximum Gasteiger partial charge on any atom is 0.274 e. The zero-order chi connectivity index (χ0) is 14.7. The summed E-state index contributed by atoms with van der Waals surface area (Å²) in [5, 5.41) is 4.09. The summed E-state index contributed by atoms with van der Waals surface area (Å²) in [4.78, 5) is 12.0. The minimum Gasteiger partial charge on any atom is -0.466 e. The van der Waals surface area contributed by atoms with Gasteiger partial charge in [0.05, 0.1) is 11.3 Å². The first-order valence-corrected chi connectivity index (χ1v) is 6.25. The highest BCUT2D eigenvalue weighted by atomic mass is 16.3. The largest absolute Gasteiger partial charge is 0.466 e. The van der Waals surface area contributed by atoms with Gasteiger partial charge in [-0.1, -0.05) is 12.1 Å². The Balaban J connectivity index is 2.10. The Bertz CT molecular complexity index is 654. The lowest BCUT2D eigenvalue weighted by Gasteiger charge is -2.02. The van der Waals surface area contributed by atoms with Gasteiger partial charge in [-0.2, -0.15) is 5.10 Å². The van der Waals surface area contributed by atoms with Crippen molar-refractivity contribution < 1.29 is 9.21 Å². The van der Waals surface area contributed by atoms with E-state index >= 15 is 0 Å². The molecule has 0 saturated carbocycles. The molecule has 0 atom stereocenters. The lowest BCUT2D eigenvalue weighted by Crippen LogP contribution is -2.19. The maximum atomic E-state index is 12.0. The molecule has 20 heavy (non-hydrogen) atoms. The third-order valence-corrected chi connectivity index (χ3v) is 2.94. The number of nitrogens with one attached hydrogen (secondary N) is 1. The third kappa shape index (κ3) is 3.06. The van der Waals surface area contributed by atoms with Gasteiger partial charge in [0.25, 0.3) is 5.91 Å². The second-order valence-corrected chi connectivity index (χ2v) is 4.59. The highest BCUT2D eigenvalue weighted by Crippen LogP contribution is 2.13. The molecular weight excluding hydrogens is 254 g/mol. The Kier molecular flexibility index (Phi) is 3.89. The molecule has 5 nitrogen and oxygen atoms in total. The number of amides is 1. The monoisotopic (exact) mass is 271 g/mol. The van der Waals surface area contributed by atoms with Gasteiger partial charge in [0.2, 0.25) is 0 Å². The predicted octanol–water partition coefficient (Wildman–Crippen LogP) is 2.63. The fourth-order valence-corrected chi connectivity index (χ4v) is 1.84. The average molecular weight is 271 g/mol. The van der Waals surface area contributed by atoms with Crippen LogP contribution in [0.15, 0.2) is 39.9 Å². The maximum absolute atomic E-state index is 12.0. The van der Waals surface area contributed by atoms with Crippen molar-refractivity contribution in [1.82, 2.24) is 5.43 Å². The van der Waals surface area contributed by atoms with Crippen LogP contribution in [-0.2, 0) is 0 Å². The Morgan fingerprint density at radius 3 is 2.45 bits per heavy atom. The van der Waals surface area contributed by atoms with Gasteiger partial charge in [0.1, 0.15) is 11.5 Å². The Hall–Kier alpha value is -2.56. The Morgan fingerprint density at radius 1 is 1.25 bits per heavy atom. The van der Waals surface area contributed by atoms with E-state index in [1.54, 1.807) is 32.0 Å². The van der Waals surface area contributed by atoms with Crippen molar-refractivity contribution in [3.63, 3.8) is 0 Å². The van der Waals surface area contributed by atoms with E-state index in [4.69, 9.17) is 10.2 Å². The molecule has 0 unspecified atom stereocenters. The number of hydrogen-bond acceptors (Lipinski definition) is 4. The summed E-state index contributed by atoms with van der Waals surface area (Å²) in [5.41, 5.74) is 10.9. The van der Waals surface area contributed by atoms with Gasteiger partial charge in [0, 0.05) is 5.69 Å². The highest BCUT2D eigenvalue weighted by Gasteiger charge is 2.12. The van der Waals surface area contributed by atoms with Gasteiger partial charge >= 0.3 is 0 Å². The normalized spacial score (nSPS) is 11.4. The number of carbonyl (C=O) groups is 1. The number of anilines is 1. The molecule has 3 N–H and O–H groups in total. The van der Waals surface area contributed by atoms with Crippen molar-refractivity contribution in [2.75, 3.05) is 5.73 Å². The topological polar surface area (TPSA) is 80.6 Å². The summed E-state index contributed by atoms with van der Waals surface area (Å²) in [6, 6.07) is 8.99. The molecule has 1 amide bonds. The van der Waals surface area contributed by atoms with Crippen LogP contribution in [0.25, 0.3) is 0 Å². The second-order valence-electron chi connectivity index (χ2n) is 4.59. The molecule has 1 aromatic carbocycles. The summed E-state index contributed by atoms with van der Waals surface area (Å²) in [7, 11) is 0. The van der Waals surface area contributed by atoms with Crippen LogP contribution in [0.3, 0.4) is 0 Å². The van der Waals surface area contributed by atoms with Gasteiger partial charge in [-0.25, -0.2) is 5.43 Å². The molecule has 0 aliphatic rings.